The number of benzene rings is 2. The lowest BCUT2D eigenvalue weighted by molar-refractivity contribution is -0.133. The molecule has 1 aliphatic heterocycles. The van der Waals surface area contributed by atoms with E-state index in [2.05, 4.69) is 41.1 Å². The summed E-state index contributed by atoms with van der Waals surface area (Å²) >= 11 is 0. The highest BCUT2D eigenvalue weighted by molar-refractivity contribution is 5.79. The summed E-state index contributed by atoms with van der Waals surface area (Å²) in [5.41, 5.74) is 3.14. The molecule has 0 unspecified atom stereocenters. The molecule has 0 atom stereocenters. The fourth-order valence-electron chi connectivity index (χ4n) is 3.88. The van der Waals surface area contributed by atoms with E-state index in [1.165, 1.54) is 15.7 Å². The first-order valence-electron chi connectivity index (χ1n) is 10.0. The van der Waals surface area contributed by atoms with E-state index in [1.54, 1.807) is 13.0 Å². The van der Waals surface area contributed by atoms with Crippen LogP contribution in [0.3, 0.4) is 0 Å². The third-order valence-electron chi connectivity index (χ3n) is 5.73. The smallest absolute Gasteiger partial charge is 0.261 e. The van der Waals surface area contributed by atoms with Gasteiger partial charge in [-0.05, 0) is 37.1 Å². The number of carbonyl (C=O) groups is 1. The summed E-state index contributed by atoms with van der Waals surface area (Å²) in [5.74, 6) is 0.545. The zero-order chi connectivity index (χ0) is 20.4. The predicted octanol–water partition coefficient (Wildman–Crippen LogP) is 2.36. The van der Waals surface area contributed by atoms with Crippen LogP contribution in [0.2, 0.25) is 0 Å². The largest absolute Gasteiger partial charge is 0.339 e. The predicted molar refractivity (Wildman–Crippen MR) is 114 cm³/mol. The van der Waals surface area contributed by atoms with Gasteiger partial charge in [0.15, 0.2) is 0 Å². The molecular formula is C23H26N4O2. The summed E-state index contributed by atoms with van der Waals surface area (Å²) in [6.45, 7) is 7.89. The molecule has 0 N–H and O–H groups in total. The Labute approximate surface area is 170 Å². The number of aromatic nitrogens is 2. The Morgan fingerprint density at radius 3 is 2.41 bits per heavy atom. The van der Waals surface area contributed by atoms with Crippen molar-refractivity contribution in [2.75, 3.05) is 26.2 Å². The summed E-state index contributed by atoms with van der Waals surface area (Å²) < 4.78 is 1.49. The first-order chi connectivity index (χ1) is 14.0. The molecule has 29 heavy (non-hydrogen) atoms. The van der Waals surface area contributed by atoms with E-state index in [0.29, 0.717) is 29.8 Å². The summed E-state index contributed by atoms with van der Waals surface area (Å²) in [7, 11) is 0. The van der Waals surface area contributed by atoms with Crippen LogP contribution in [0.5, 0.6) is 0 Å². The molecule has 2 aromatic carbocycles. The fraction of sp³-hybridized carbons (Fsp3) is 0.348. The molecule has 6 nitrogen and oxygen atoms in total. The highest BCUT2D eigenvalue weighted by Gasteiger charge is 2.22. The number of fused-ring (bicyclic) bond motifs is 1. The van der Waals surface area contributed by atoms with Gasteiger partial charge in [0, 0.05) is 32.7 Å². The van der Waals surface area contributed by atoms with Gasteiger partial charge in [-0.2, -0.15) is 0 Å². The zero-order valence-corrected chi connectivity index (χ0v) is 17.0. The van der Waals surface area contributed by atoms with Gasteiger partial charge in [0.25, 0.3) is 5.56 Å². The minimum atomic E-state index is -0.153. The Bertz CT molecular complexity index is 1100. The fourth-order valence-corrected chi connectivity index (χ4v) is 3.88. The quantitative estimate of drug-likeness (QED) is 0.686. The summed E-state index contributed by atoms with van der Waals surface area (Å²) in [6, 6.07) is 15.7. The van der Waals surface area contributed by atoms with Crippen LogP contribution in [0.25, 0.3) is 10.9 Å². The molecule has 0 saturated carbocycles. The van der Waals surface area contributed by atoms with Crippen molar-refractivity contribution in [3.8, 4) is 0 Å². The van der Waals surface area contributed by atoms with Gasteiger partial charge < -0.3 is 4.90 Å². The van der Waals surface area contributed by atoms with E-state index in [0.717, 1.165) is 19.6 Å². The Morgan fingerprint density at radius 2 is 1.66 bits per heavy atom. The van der Waals surface area contributed by atoms with E-state index < -0.39 is 0 Å². The van der Waals surface area contributed by atoms with Gasteiger partial charge >= 0.3 is 0 Å². The van der Waals surface area contributed by atoms with Crippen LogP contribution < -0.4 is 5.56 Å². The first kappa shape index (κ1) is 19.3. The number of piperazine rings is 1. The monoisotopic (exact) mass is 390 g/mol. The third-order valence-corrected chi connectivity index (χ3v) is 5.73. The molecule has 1 fully saturated rings. The summed E-state index contributed by atoms with van der Waals surface area (Å²) in [4.78, 5) is 34.4. The third kappa shape index (κ3) is 4.07. The number of hydrogen-bond acceptors (Lipinski definition) is 4. The van der Waals surface area contributed by atoms with Gasteiger partial charge in [-0.1, -0.05) is 36.4 Å². The molecular weight excluding hydrogens is 364 g/mol. The molecule has 4 rings (SSSR count). The van der Waals surface area contributed by atoms with E-state index in [9.17, 15) is 9.59 Å². The second-order valence-electron chi connectivity index (χ2n) is 7.65. The van der Waals surface area contributed by atoms with Gasteiger partial charge in [-0.15, -0.1) is 0 Å². The van der Waals surface area contributed by atoms with E-state index in [4.69, 9.17) is 0 Å². The molecule has 1 amide bonds. The molecule has 6 heteroatoms. The normalized spacial score (nSPS) is 15.0. The Balaban J connectivity index is 1.41. The second-order valence-corrected chi connectivity index (χ2v) is 7.65. The van der Waals surface area contributed by atoms with Crippen molar-refractivity contribution in [1.82, 2.24) is 19.4 Å². The standard InChI is InChI=1S/C23H26N4O2/c1-17-7-3-4-8-19(17)15-25-11-13-26(14-12-25)22(28)16-27-18(2)24-21-10-6-5-9-20(21)23(27)29/h3-10H,11-16H2,1-2H3. The molecule has 3 aromatic rings. The Kier molecular flexibility index (Phi) is 5.45. The molecule has 2 heterocycles. The second kappa shape index (κ2) is 8.17. The molecule has 1 aliphatic rings. The highest BCUT2D eigenvalue weighted by Crippen LogP contribution is 2.13. The number of para-hydroxylation sites is 1. The number of hydrogen-bond donors (Lipinski definition) is 0. The van der Waals surface area contributed by atoms with Crippen LogP contribution in [-0.4, -0.2) is 51.4 Å². The van der Waals surface area contributed by atoms with E-state index in [-0.39, 0.29) is 18.0 Å². The van der Waals surface area contributed by atoms with Gasteiger partial charge in [0.05, 0.1) is 10.9 Å². The topological polar surface area (TPSA) is 58.4 Å². The number of aryl methyl sites for hydroxylation is 2. The lowest BCUT2D eigenvalue weighted by Gasteiger charge is -2.35. The van der Waals surface area contributed by atoms with Gasteiger partial charge in [-0.3, -0.25) is 19.1 Å². The maximum absolute atomic E-state index is 12.8. The minimum absolute atomic E-state index is 0.0252. The van der Waals surface area contributed by atoms with Crippen molar-refractivity contribution in [2.24, 2.45) is 0 Å². The number of carbonyl (C=O) groups excluding carboxylic acids is 1. The van der Waals surface area contributed by atoms with Crippen molar-refractivity contribution in [1.29, 1.82) is 0 Å². The number of amides is 1. The Morgan fingerprint density at radius 1 is 0.966 bits per heavy atom. The zero-order valence-electron chi connectivity index (χ0n) is 17.0. The van der Waals surface area contributed by atoms with Crippen molar-refractivity contribution in [3.05, 3.63) is 75.8 Å². The van der Waals surface area contributed by atoms with Crippen LogP contribution in [0.15, 0.2) is 53.3 Å². The maximum atomic E-state index is 12.8. The molecule has 0 radical (unpaired) electrons. The summed E-state index contributed by atoms with van der Waals surface area (Å²) in [6.07, 6.45) is 0. The summed E-state index contributed by atoms with van der Waals surface area (Å²) in [5, 5.41) is 0.550. The average molecular weight is 390 g/mol. The van der Waals surface area contributed by atoms with Crippen LogP contribution in [0.1, 0.15) is 17.0 Å². The molecule has 0 aliphatic carbocycles. The average Bonchev–Trinajstić information content (AvgIpc) is 2.73. The van der Waals surface area contributed by atoms with Crippen LogP contribution in [0.4, 0.5) is 0 Å². The van der Waals surface area contributed by atoms with Gasteiger partial charge in [-0.25, -0.2) is 4.98 Å². The molecule has 0 spiro atoms. The van der Waals surface area contributed by atoms with Gasteiger partial charge in [0.1, 0.15) is 12.4 Å². The van der Waals surface area contributed by atoms with Crippen molar-refractivity contribution in [2.45, 2.75) is 26.9 Å². The van der Waals surface area contributed by atoms with Crippen molar-refractivity contribution < 1.29 is 4.79 Å². The van der Waals surface area contributed by atoms with Crippen molar-refractivity contribution in [3.63, 3.8) is 0 Å². The van der Waals surface area contributed by atoms with E-state index in [1.807, 2.05) is 23.1 Å². The number of rotatable bonds is 4. The van der Waals surface area contributed by atoms with Crippen LogP contribution in [-0.2, 0) is 17.9 Å². The van der Waals surface area contributed by atoms with Crippen LogP contribution in [0, 0.1) is 13.8 Å². The van der Waals surface area contributed by atoms with Gasteiger partial charge in [0.2, 0.25) is 5.91 Å². The first-order valence-corrected chi connectivity index (χ1v) is 10.0. The molecule has 0 bridgehead atoms. The maximum Gasteiger partial charge on any atom is 0.261 e. The molecule has 150 valence electrons. The van der Waals surface area contributed by atoms with Crippen LogP contribution >= 0.6 is 0 Å². The minimum Gasteiger partial charge on any atom is -0.339 e. The molecule has 1 saturated heterocycles. The Hall–Kier alpha value is -2.99. The number of nitrogens with zero attached hydrogens (tertiary/aromatic N) is 4. The lowest BCUT2D eigenvalue weighted by atomic mass is 10.1. The van der Waals surface area contributed by atoms with Crippen molar-refractivity contribution >= 4 is 16.8 Å². The molecule has 1 aromatic heterocycles. The SMILES string of the molecule is Cc1ccccc1CN1CCN(C(=O)Cn2c(C)nc3ccccc3c2=O)CC1. The van der Waals surface area contributed by atoms with E-state index >= 15 is 0 Å². The highest BCUT2D eigenvalue weighted by atomic mass is 16.2. The lowest BCUT2D eigenvalue weighted by Crippen LogP contribution is -2.49.